The molecule has 0 aliphatic rings. The van der Waals surface area contributed by atoms with Crippen LogP contribution in [-0.4, -0.2) is 54.7 Å². The second-order valence-electron chi connectivity index (χ2n) is 9.00. The van der Waals surface area contributed by atoms with Crippen LogP contribution in [0.25, 0.3) is 0 Å². The molecule has 3 rings (SSSR count). The van der Waals surface area contributed by atoms with Crippen LogP contribution >= 0.6 is 0 Å². The Morgan fingerprint density at radius 1 is 0.912 bits per heavy atom. The highest BCUT2D eigenvalue weighted by Gasteiger charge is 2.27. The fourth-order valence-corrected chi connectivity index (χ4v) is 4.10. The van der Waals surface area contributed by atoms with Crippen LogP contribution in [0.2, 0.25) is 0 Å². The van der Waals surface area contributed by atoms with E-state index in [0.29, 0.717) is 6.54 Å². The molecule has 0 atom stereocenters. The number of benzene rings is 2. The summed E-state index contributed by atoms with van der Waals surface area (Å²) < 4.78 is 10.5. The molecule has 0 bridgehead atoms. The maximum absolute atomic E-state index is 12.7. The zero-order valence-electron chi connectivity index (χ0n) is 20.2. The van der Waals surface area contributed by atoms with Crippen molar-refractivity contribution in [1.29, 1.82) is 0 Å². The highest BCUT2D eigenvalue weighted by molar-refractivity contribution is 5.94. The summed E-state index contributed by atoms with van der Waals surface area (Å²) in [5.41, 5.74) is 2.25. The number of likely N-dealkylation sites (N-methyl/N-ethyl adjacent to an activating group) is 1. The zero-order chi connectivity index (χ0) is 24.6. The molecule has 0 unspecified atom stereocenters. The van der Waals surface area contributed by atoms with Crippen molar-refractivity contribution in [3.63, 3.8) is 0 Å². The largest absolute Gasteiger partial charge is 0.465 e. The molecule has 0 amide bonds. The summed E-state index contributed by atoms with van der Waals surface area (Å²) in [6.07, 6.45) is 3.68. The number of methoxy groups -OCH3 is 1. The summed E-state index contributed by atoms with van der Waals surface area (Å²) >= 11 is 0. The molecule has 6 heteroatoms. The predicted octanol–water partition coefficient (Wildman–Crippen LogP) is 4.96. The average Bonchev–Trinajstić information content (AvgIpc) is 2.84. The van der Waals surface area contributed by atoms with Crippen molar-refractivity contribution >= 4 is 11.9 Å². The molecule has 6 nitrogen and oxygen atoms in total. The van der Waals surface area contributed by atoms with Crippen LogP contribution in [0.3, 0.4) is 0 Å². The number of esters is 2. The summed E-state index contributed by atoms with van der Waals surface area (Å²) in [5.74, 6) is -0.793. The topological polar surface area (TPSA) is 68.7 Å². The quantitative estimate of drug-likeness (QED) is 0.399. The first kappa shape index (κ1) is 25.1. The van der Waals surface area contributed by atoms with E-state index in [1.807, 2.05) is 33.0 Å². The van der Waals surface area contributed by atoms with E-state index in [9.17, 15) is 9.59 Å². The number of rotatable bonds is 10. The van der Waals surface area contributed by atoms with Gasteiger partial charge in [-0.3, -0.25) is 4.98 Å². The van der Waals surface area contributed by atoms with E-state index in [1.54, 1.807) is 0 Å². The Morgan fingerprint density at radius 2 is 1.44 bits per heavy atom. The molecular formula is C28H32N2O4. The number of carbonyl (C=O) groups excluding carboxylic acids is 2. The van der Waals surface area contributed by atoms with E-state index >= 15 is 0 Å². The molecular weight excluding hydrogens is 428 g/mol. The smallest absolute Gasteiger partial charge is 0.340 e. The molecule has 2 aromatic carbocycles. The first-order chi connectivity index (χ1) is 16.3. The first-order valence-electron chi connectivity index (χ1n) is 11.3. The minimum atomic E-state index is -0.734. The zero-order valence-corrected chi connectivity index (χ0v) is 20.2. The maximum atomic E-state index is 12.7. The van der Waals surface area contributed by atoms with Gasteiger partial charge in [-0.05, 0) is 51.1 Å². The van der Waals surface area contributed by atoms with Gasteiger partial charge in [0.1, 0.15) is 5.60 Å². The van der Waals surface area contributed by atoms with Crippen molar-refractivity contribution in [2.45, 2.75) is 31.8 Å². The summed E-state index contributed by atoms with van der Waals surface area (Å²) in [6.45, 7) is 5.14. The lowest BCUT2D eigenvalue weighted by molar-refractivity contribution is -0.0136. The standard InChI is InChI=1S/C28H32N2O4/c1-28(2,34-27(32)24-17-23(18-29-19-24)26(31)33-4)20-30(3)16-15-25(21-11-7-5-8-12-21)22-13-9-6-10-14-22/h5-14,17-19,25H,15-16,20H2,1-4H3. The molecule has 0 spiro atoms. The Kier molecular flexibility index (Phi) is 8.55. The van der Waals surface area contributed by atoms with Gasteiger partial charge in [0.25, 0.3) is 0 Å². The summed E-state index contributed by atoms with van der Waals surface area (Å²) in [6, 6.07) is 22.5. The molecule has 0 aliphatic carbocycles. The minimum absolute atomic E-state index is 0.208. The van der Waals surface area contributed by atoms with E-state index < -0.39 is 17.5 Å². The highest BCUT2D eigenvalue weighted by atomic mass is 16.6. The second kappa shape index (κ2) is 11.6. The van der Waals surface area contributed by atoms with E-state index in [-0.39, 0.29) is 17.0 Å². The normalized spacial score (nSPS) is 11.5. The van der Waals surface area contributed by atoms with Gasteiger partial charge in [-0.1, -0.05) is 60.7 Å². The van der Waals surface area contributed by atoms with Crippen LogP contribution in [-0.2, 0) is 9.47 Å². The number of hydrogen-bond acceptors (Lipinski definition) is 6. The van der Waals surface area contributed by atoms with E-state index in [0.717, 1.165) is 13.0 Å². The third-order valence-corrected chi connectivity index (χ3v) is 5.62. The molecule has 34 heavy (non-hydrogen) atoms. The van der Waals surface area contributed by atoms with Crippen molar-refractivity contribution in [2.24, 2.45) is 0 Å². The molecule has 0 N–H and O–H groups in total. The molecule has 0 fully saturated rings. The Bertz CT molecular complexity index is 1040. The first-order valence-corrected chi connectivity index (χ1v) is 11.3. The van der Waals surface area contributed by atoms with Crippen LogP contribution in [0.5, 0.6) is 0 Å². The van der Waals surface area contributed by atoms with Crippen LogP contribution in [0, 0.1) is 0 Å². The third-order valence-electron chi connectivity index (χ3n) is 5.62. The van der Waals surface area contributed by atoms with Crippen LogP contribution in [0.15, 0.2) is 79.1 Å². The number of aromatic nitrogens is 1. The lowest BCUT2D eigenvalue weighted by Crippen LogP contribution is -2.41. The van der Waals surface area contributed by atoms with Crippen molar-refractivity contribution in [2.75, 3.05) is 27.2 Å². The Balaban J connectivity index is 1.62. The summed E-state index contributed by atoms with van der Waals surface area (Å²) in [5, 5.41) is 0. The molecule has 0 saturated heterocycles. The van der Waals surface area contributed by atoms with E-state index in [1.165, 1.54) is 36.7 Å². The number of ether oxygens (including phenoxy) is 2. The fourth-order valence-electron chi connectivity index (χ4n) is 4.10. The van der Waals surface area contributed by atoms with Gasteiger partial charge in [-0.25, -0.2) is 9.59 Å². The molecule has 0 saturated carbocycles. The number of pyridine rings is 1. The number of carbonyl (C=O) groups is 2. The number of hydrogen-bond donors (Lipinski definition) is 0. The Morgan fingerprint density at radius 3 is 1.97 bits per heavy atom. The van der Waals surface area contributed by atoms with Gasteiger partial charge < -0.3 is 14.4 Å². The molecule has 0 aliphatic heterocycles. The van der Waals surface area contributed by atoms with Gasteiger partial charge in [0.05, 0.1) is 18.2 Å². The fraction of sp³-hybridized carbons (Fsp3) is 0.321. The molecule has 0 radical (unpaired) electrons. The van der Waals surface area contributed by atoms with Crippen LogP contribution < -0.4 is 0 Å². The predicted molar refractivity (Wildman–Crippen MR) is 132 cm³/mol. The molecule has 1 heterocycles. The monoisotopic (exact) mass is 460 g/mol. The lowest BCUT2D eigenvalue weighted by atomic mass is 9.88. The van der Waals surface area contributed by atoms with Crippen molar-refractivity contribution in [3.8, 4) is 0 Å². The Hall–Kier alpha value is -3.51. The Labute approximate surface area is 201 Å². The average molecular weight is 461 g/mol. The van der Waals surface area contributed by atoms with Gasteiger partial charge in [0.15, 0.2) is 0 Å². The van der Waals surface area contributed by atoms with Gasteiger partial charge in [0.2, 0.25) is 0 Å². The van der Waals surface area contributed by atoms with Gasteiger partial charge in [-0.2, -0.15) is 0 Å². The lowest BCUT2D eigenvalue weighted by Gasteiger charge is -2.31. The minimum Gasteiger partial charge on any atom is -0.465 e. The van der Waals surface area contributed by atoms with Gasteiger partial charge in [0, 0.05) is 24.9 Å². The summed E-state index contributed by atoms with van der Waals surface area (Å²) in [4.78, 5) is 30.6. The van der Waals surface area contributed by atoms with Gasteiger partial charge in [-0.15, -0.1) is 0 Å². The second-order valence-corrected chi connectivity index (χ2v) is 9.00. The molecule has 178 valence electrons. The van der Waals surface area contributed by atoms with Crippen LogP contribution in [0.4, 0.5) is 0 Å². The van der Waals surface area contributed by atoms with Gasteiger partial charge >= 0.3 is 11.9 Å². The maximum Gasteiger partial charge on any atom is 0.340 e. The van der Waals surface area contributed by atoms with Crippen molar-refractivity contribution < 1.29 is 19.1 Å². The van der Waals surface area contributed by atoms with Crippen LogP contribution in [0.1, 0.15) is 58.0 Å². The van der Waals surface area contributed by atoms with E-state index in [2.05, 4.69) is 58.4 Å². The number of nitrogens with zero attached hydrogens (tertiary/aromatic N) is 2. The summed E-state index contributed by atoms with van der Waals surface area (Å²) in [7, 11) is 3.31. The molecule has 1 aromatic heterocycles. The highest BCUT2D eigenvalue weighted by Crippen LogP contribution is 2.28. The SMILES string of the molecule is COC(=O)c1cncc(C(=O)OC(C)(C)CN(C)CCC(c2ccccc2)c2ccccc2)c1. The molecule has 3 aromatic rings. The van der Waals surface area contributed by atoms with E-state index in [4.69, 9.17) is 9.47 Å². The third kappa shape index (κ3) is 6.99. The van der Waals surface area contributed by atoms with Crippen molar-refractivity contribution in [3.05, 3.63) is 101 Å². The van der Waals surface area contributed by atoms with Crippen molar-refractivity contribution in [1.82, 2.24) is 9.88 Å².